The maximum absolute atomic E-state index is 11.5. The first-order chi connectivity index (χ1) is 6.91. The number of nitrogens with one attached hydrogen (secondary N) is 2. The summed E-state index contributed by atoms with van der Waals surface area (Å²) < 4.78 is 27.9. The molecule has 0 fully saturated rings. The van der Waals surface area contributed by atoms with Crippen LogP contribution < -0.4 is 15.2 Å². The van der Waals surface area contributed by atoms with Gasteiger partial charge in [0.25, 0.3) is 10.2 Å². The van der Waals surface area contributed by atoms with Gasteiger partial charge in [0, 0.05) is 19.1 Å². The second kappa shape index (κ2) is 7.16. The Balaban J connectivity index is 4.15. The zero-order valence-corrected chi connectivity index (χ0v) is 10.6. The van der Waals surface area contributed by atoms with Crippen LogP contribution in [0.5, 0.6) is 0 Å². The minimum atomic E-state index is -3.38. The Morgan fingerprint density at radius 2 is 1.93 bits per heavy atom. The predicted molar refractivity (Wildman–Crippen MR) is 62.6 cm³/mol. The Morgan fingerprint density at radius 1 is 1.33 bits per heavy atom. The van der Waals surface area contributed by atoms with Crippen molar-refractivity contribution < 1.29 is 8.42 Å². The van der Waals surface area contributed by atoms with E-state index in [1.807, 2.05) is 20.8 Å². The van der Waals surface area contributed by atoms with Crippen molar-refractivity contribution in [2.24, 2.45) is 11.7 Å². The van der Waals surface area contributed by atoms with Gasteiger partial charge in [0.2, 0.25) is 0 Å². The maximum atomic E-state index is 11.5. The number of rotatable bonds is 8. The van der Waals surface area contributed by atoms with Crippen molar-refractivity contribution in [1.29, 1.82) is 0 Å². The van der Waals surface area contributed by atoms with Gasteiger partial charge in [0.05, 0.1) is 0 Å². The molecular weight excluding hydrogens is 214 g/mol. The molecular formula is C9H23N3O2S. The Morgan fingerprint density at radius 3 is 2.33 bits per heavy atom. The lowest BCUT2D eigenvalue weighted by molar-refractivity contribution is 0.461. The molecule has 0 saturated carbocycles. The summed E-state index contributed by atoms with van der Waals surface area (Å²) in [7, 11) is -3.38. The molecule has 0 radical (unpaired) electrons. The molecule has 0 aliphatic heterocycles. The van der Waals surface area contributed by atoms with E-state index >= 15 is 0 Å². The van der Waals surface area contributed by atoms with Crippen LogP contribution in [0.2, 0.25) is 0 Å². The Labute approximate surface area is 93.0 Å². The molecule has 1 atom stereocenters. The zero-order valence-electron chi connectivity index (χ0n) is 9.79. The Kier molecular flexibility index (Phi) is 7.08. The third kappa shape index (κ3) is 7.72. The molecule has 5 nitrogen and oxygen atoms in total. The molecule has 92 valence electrons. The highest BCUT2D eigenvalue weighted by molar-refractivity contribution is 7.87. The highest BCUT2D eigenvalue weighted by Crippen LogP contribution is 2.04. The van der Waals surface area contributed by atoms with Gasteiger partial charge >= 0.3 is 0 Å². The molecule has 15 heavy (non-hydrogen) atoms. The van der Waals surface area contributed by atoms with Crippen LogP contribution in [0.4, 0.5) is 0 Å². The number of hydrogen-bond donors (Lipinski definition) is 3. The van der Waals surface area contributed by atoms with Gasteiger partial charge in [-0.05, 0) is 18.8 Å². The summed E-state index contributed by atoms with van der Waals surface area (Å²) in [5.41, 5.74) is 5.50. The van der Waals surface area contributed by atoms with Gasteiger partial charge in [-0.1, -0.05) is 20.8 Å². The van der Waals surface area contributed by atoms with Gasteiger partial charge in [-0.3, -0.25) is 0 Å². The third-order valence-corrected chi connectivity index (χ3v) is 3.13. The monoisotopic (exact) mass is 237 g/mol. The predicted octanol–water partition coefficient (Wildman–Crippen LogP) is 0.194. The topological polar surface area (TPSA) is 84.2 Å². The molecule has 0 rings (SSSR count). The van der Waals surface area contributed by atoms with Crippen LogP contribution in [0, 0.1) is 5.92 Å². The van der Waals surface area contributed by atoms with Gasteiger partial charge in [-0.2, -0.15) is 13.1 Å². The molecule has 0 heterocycles. The van der Waals surface area contributed by atoms with Gasteiger partial charge in [-0.15, -0.1) is 0 Å². The second-order valence-electron chi connectivity index (χ2n) is 4.08. The summed E-state index contributed by atoms with van der Waals surface area (Å²) in [6.07, 6.45) is 1.53. The van der Waals surface area contributed by atoms with E-state index in [-0.39, 0.29) is 6.04 Å². The summed E-state index contributed by atoms with van der Waals surface area (Å²) in [5, 5.41) is 0. The lowest BCUT2D eigenvalue weighted by Gasteiger charge is -2.18. The molecule has 0 bridgehead atoms. The molecule has 0 aromatic heterocycles. The van der Waals surface area contributed by atoms with E-state index in [0.29, 0.717) is 19.0 Å². The summed E-state index contributed by atoms with van der Waals surface area (Å²) >= 11 is 0. The van der Waals surface area contributed by atoms with Crippen LogP contribution in [0.15, 0.2) is 0 Å². The molecule has 0 spiro atoms. The van der Waals surface area contributed by atoms with Crippen LogP contribution in [-0.2, 0) is 10.2 Å². The van der Waals surface area contributed by atoms with Gasteiger partial charge in [0.15, 0.2) is 0 Å². The fraction of sp³-hybridized carbons (Fsp3) is 1.00. The fourth-order valence-electron chi connectivity index (χ4n) is 1.26. The van der Waals surface area contributed by atoms with E-state index in [9.17, 15) is 8.42 Å². The first-order valence-electron chi connectivity index (χ1n) is 5.38. The molecule has 0 amide bonds. The van der Waals surface area contributed by atoms with Crippen molar-refractivity contribution in [2.75, 3.05) is 13.1 Å². The molecule has 0 aromatic carbocycles. The fourth-order valence-corrected chi connectivity index (χ4v) is 2.45. The van der Waals surface area contributed by atoms with E-state index in [2.05, 4.69) is 9.44 Å². The smallest absolute Gasteiger partial charge is 0.277 e. The SMILES string of the molecule is CCCNS(=O)(=O)NC(CN)CC(C)C. The third-order valence-electron chi connectivity index (χ3n) is 1.90. The van der Waals surface area contributed by atoms with E-state index < -0.39 is 10.2 Å². The van der Waals surface area contributed by atoms with Crippen LogP contribution in [0.1, 0.15) is 33.6 Å². The van der Waals surface area contributed by atoms with E-state index in [1.54, 1.807) is 0 Å². The molecule has 0 aromatic rings. The first kappa shape index (κ1) is 14.8. The lowest BCUT2D eigenvalue weighted by atomic mass is 10.1. The Bertz CT molecular complexity index is 252. The molecule has 1 unspecified atom stereocenters. The van der Waals surface area contributed by atoms with Gasteiger partial charge in [0.1, 0.15) is 0 Å². The largest absolute Gasteiger partial charge is 0.329 e. The normalized spacial score (nSPS) is 14.5. The molecule has 0 saturated heterocycles. The van der Waals surface area contributed by atoms with Gasteiger partial charge in [-0.25, -0.2) is 4.72 Å². The minimum Gasteiger partial charge on any atom is -0.329 e. The highest BCUT2D eigenvalue weighted by Gasteiger charge is 2.16. The summed E-state index contributed by atoms with van der Waals surface area (Å²) in [5.74, 6) is 0.424. The average Bonchev–Trinajstić information content (AvgIpc) is 2.12. The van der Waals surface area contributed by atoms with Gasteiger partial charge < -0.3 is 5.73 Å². The standard InChI is InChI=1S/C9H23N3O2S/c1-4-5-11-15(13,14)12-9(7-10)6-8(2)3/h8-9,11-12H,4-7,10H2,1-3H3. The number of nitrogens with two attached hydrogens (primary N) is 1. The van der Waals surface area contributed by atoms with Crippen LogP contribution in [0.3, 0.4) is 0 Å². The molecule has 6 heteroatoms. The maximum Gasteiger partial charge on any atom is 0.277 e. The minimum absolute atomic E-state index is 0.181. The molecule has 0 aliphatic rings. The van der Waals surface area contributed by atoms with Crippen LogP contribution in [-0.4, -0.2) is 27.5 Å². The van der Waals surface area contributed by atoms with Crippen molar-refractivity contribution >= 4 is 10.2 Å². The molecule has 0 aliphatic carbocycles. The summed E-state index contributed by atoms with van der Waals surface area (Å²) in [6, 6.07) is -0.181. The molecule has 4 N–H and O–H groups in total. The van der Waals surface area contributed by atoms with Crippen molar-refractivity contribution in [3.63, 3.8) is 0 Å². The average molecular weight is 237 g/mol. The van der Waals surface area contributed by atoms with Crippen molar-refractivity contribution in [3.8, 4) is 0 Å². The Hall–Kier alpha value is -0.170. The summed E-state index contributed by atoms with van der Waals surface area (Å²) in [4.78, 5) is 0. The van der Waals surface area contributed by atoms with E-state index in [1.165, 1.54) is 0 Å². The van der Waals surface area contributed by atoms with Crippen molar-refractivity contribution in [3.05, 3.63) is 0 Å². The quantitative estimate of drug-likeness (QED) is 0.563. The first-order valence-corrected chi connectivity index (χ1v) is 6.86. The zero-order chi connectivity index (χ0) is 11.9. The summed E-state index contributed by atoms with van der Waals surface area (Å²) in [6.45, 7) is 6.77. The van der Waals surface area contributed by atoms with Crippen molar-refractivity contribution in [1.82, 2.24) is 9.44 Å². The number of hydrogen-bond acceptors (Lipinski definition) is 3. The van der Waals surface area contributed by atoms with Crippen LogP contribution >= 0.6 is 0 Å². The second-order valence-corrected chi connectivity index (χ2v) is 5.61. The van der Waals surface area contributed by atoms with E-state index in [4.69, 9.17) is 5.73 Å². The van der Waals surface area contributed by atoms with Crippen molar-refractivity contribution in [2.45, 2.75) is 39.7 Å². The lowest BCUT2D eigenvalue weighted by Crippen LogP contribution is -2.46. The highest BCUT2D eigenvalue weighted by atomic mass is 32.2. The van der Waals surface area contributed by atoms with Crippen LogP contribution in [0.25, 0.3) is 0 Å². The van der Waals surface area contributed by atoms with E-state index in [0.717, 1.165) is 12.8 Å².